The molecule has 4 heteroatoms. The molecular weight excluding hydrogens is 163 g/mol. The van der Waals surface area contributed by atoms with Crippen molar-refractivity contribution in [2.75, 3.05) is 25.9 Å². The molecule has 11 heavy (non-hydrogen) atoms. The molecule has 0 aromatic carbocycles. The molecule has 1 fully saturated rings. The molecule has 1 saturated heterocycles. The van der Waals surface area contributed by atoms with Crippen LogP contribution in [0, 0.1) is 0 Å². The first-order valence-electron chi connectivity index (χ1n) is 3.92. The van der Waals surface area contributed by atoms with Gasteiger partial charge in [-0.1, -0.05) is 11.9 Å². The maximum atomic E-state index is 13.6. The molecule has 1 rings (SSSR count). The van der Waals surface area contributed by atoms with E-state index >= 15 is 0 Å². The van der Waals surface area contributed by atoms with Crippen molar-refractivity contribution in [2.45, 2.75) is 18.5 Å². The molecule has 0 aromatic rings. The predicted octanol–water partition coefficient (Wildman–Crippen LogP) is 0.946. The summed E-state index contributed by atoms with van der Waals surface area (Å²) in [4.78, 5) is 0. The number of rotatable bonds is 3. The lowest BCUT2D eigenvalue weighted by atomic mass is 9.97. The molecule has 66 valence electrons. The van der Waals surface area contributed by atoms with Crippen molar-refractivity contribution in [3.8, 4) is 0 Å². The average molecular weight is 178 g/mol. The lowest BCUT2D eigenvalue weighted by Gasteiger charge is -2.29. The van der Waals surface area contributed by atoms with E-state index < -0.39 is 5.67 Å². The number of piperidine rings is 1. The normalized spacial score (nSPS) is 32.2. The Morgan fingerprint density at radius 2 is 2.55 bits per heavy atom. The molecular formula is C7H15FN2S. The second-order valence-corrected chi connectivity index (χ2v) is 3.65. The summed E-state index contributed by atoms with van der Waals surface area (Å²) in [7, 11) is 0. The van der Waals surface area contributed by atoms with Crippen molar-refractivity contribution in [3.63, 3.8) is 0 Å². The van der Waals surface area contributed by atoms with E-state index in [9.17, 15) is 4.39 Å². The summed E-state index contributed by atoms with van der Waals surface area (Å²) in [5, 5.41) is 3.06. The highest BCUT2D eigenvalue weighted by molar-refractivity contribution is 7.96. The van der Waals surface area contributed by atoms with E-state index in [0.717, 1.165) is 13.0 Å². The first-order chi connectivity index (χ1) is 5.27. The third kappa shape index (κ3) is 2.97. The van der Waals surface area contributed by atoms with Gasteiger partial charge in [-0.15, -0.1) is 0 Å². The largest absolute Gasteiger partial charge is 0.313 e. The Kier molecular flexibility index (Phi) is 3.62. The van der Waals surface area contributed by atoms with Crippen molar-refractivity contribution in [2.24, 2.45) is 0 Å². The van der Waals surface area contributed by atoms with Gasteiger partial charge in [0.05, 0.1) is 0 Å². The Morgan fingerprint density at radius 1 is 1.73 bits per heavy atom. The van der Waals surface area contributed by atoms with Crippen LogP contribution in [0.25, 0.3) is 0 Å². The van der Waals surface area contributed by atoms with Crippen LogP contribution in [0.15, 0.2) is 0 Å². The number of halogens is 1. The molecule has 0 bridgehead atoms. The monoisotopic (exact) mass is 178 g/mol. The highest BCUT2D eigenvalue weighted by Gasteiger charge is 2.30. The van der Waals surface area contributed by atoms with Crippen molar-refractivity contribution in [1.82, 2.24) is 10.0 Å². The van der Waals surface area contributed by atoms with Gasteiger partial charge < -0.3 is 5.32 Å². The molecule has 0 spiro atoms. The van der Waals surface area contributed by atoms with Gasteiger partial charge in [0.2, 0.25) is 0 Å². The third-order valence-electron chi connectivity index (χ3n) is 1.95. The van der Waals surface area contributed by atoms with Crippen LogP contribution in [0.3, 0.4) is 0 Å². The summed E-state index contributed by atoms with van der Waals surface area (Å²) in [6.07, 6.45) is 3.56. The fourth-order valence-electron chi connectivity index (χ4n) is 1.28. The van der Waals surface area contributed by atoms with E-state index in [1.54, 1.807) is 0 Å². The van der Waals surface area contributed by atoms with E-state index in [0.29, 0.717) is 19.5 Å². The standard InChI is InChI=1S/C7H15FN2S/c1-11-10-6-7(8)3-2-4-9-5-7/h9-10H,2-6H2,1H3. The Hall–Kier alpha value is 0.200. The zero-order valence-electron chi connectivity index (χ0n) is 6.82. The molecule has 0 radical (unpaired) electrons. The molecule has 1 heterocycles. The topological polar surface area (TPSA) is 24.1 Å². The van der Waals surface area contributed by atoms with Gasteiger partial charge in [-0.25, -0.2) is 4.39 Å². The molecule has 1 unspecified atom stereocenters. The van der Waals surface area contributed by atoms with Crippen LogP contribution in [-0.4, -0.2) is 31.6 Å². The van der Waals surface area contributed by atoms with Crippen LogP contribution in [0.1, 0.15) is 12.8 Å². The van der Waals surface area contributed by atoms with Crippen molar-refractivity contribution in [1.29, 1.82) is 0 Å². The summed E-state index contributed by atoms with van der Waals surface area (Å²) in [5.41, 5.74) is -1.01. The van der Waals surface area contributed by atoms with Crippen LogP contribution in [0.4, 0.5) is 4.39 Å². The summed E-state index contributed by atoms with van der Waals surface area (Å²) in [6, 6.07) is 0. The maximum absolute atomic E-state index is 13.6. The number of alkyl halides is 1. The van der Waals surface area contributed by atoms with Crippen molar-refractivity contribution < 1.29 is 4.39 Å². The minimum Gasteiger partial charge on any atom is -0.313 e. The Balaban J connectivity index is 2.25. The van der Waals surface area contributed by atoms with Crippen LogP contribution in [-0.2, 0) is 0 Å². The van der Waals surface area contributed by atoms with Gasteiger partial charge in [0.1, 0.15) is 5.67 Å². The molecule has 0 aromatic heterocycles. The highest BCUT2D eigenvalue weighted by Crippen LogP contribution is 2.20. The second kappa shape index (κ2) is 4.28. The molecule has 1 aliphatic heterocycles. The van der Waals surface area contributed by atoms with E-state index in [1.807, 2.05) is 6.26 Å². The summed E-state index contributed by atoms with van der Waals surface area (Å²) in [6.45, 7) is 1.92. The molecule has 1 aliphatic rings. The summed E-state index contributed by atoms with van der Waals surface area (Å²) >= 11 is 1.48. The van der Waals surface area contributed by atoms with Gasteiger partial charge >= 0.3 is 0 Å². The lowest BCUT2D eigenvalue weighted by Crippen LogP contribution is -2.47. The quantitative estimate of drug-likeness (QED) is 0.629. The van der Waals surface area contributed by atoms with Gasteiger partial charge in [0.25, 0.3) is 0 Å². The number of nitrogens with one attached hydrogen (secondary N) is 2. The maximum Gasteiger partial charge on any atom is 0.136 e. The number of hydrogen-bond acceptors (Lipinski definition) is 3. The van der Waals surface area contributed by atoms with Crippen LogP contribution in [0.5, 0.6) is 0 Å². The smallest absolute Gasteiger partial charge is 0.136 e. The van der Waals surface area contributed by atoms with Crippen molar-refractivity contribution in [3.05, 3.63) is 0 Å². The lowest BCUT2D eigenvalue weighted by molar-refractivity contribution is 0.128. The van der Waals surface area contributed by atoms with E-state index in [2.05, 4.69) is 10.0 Å². The predicted molar refractivity (Wildman–Crippen MR) is 47.5 cm³/mol. The van der Waals surface area contributed by atoms with Crippen LogP contribution < -0.4 is 10.0 Å². The molecule has 0 amide bonds. The van der Waals surface area contributed by atoms with E-state index in [1.165, 1.54) is 11.9 Å². The Bertz CT molecular complexity index is 115. The highest BCUT2D eigenvalue weighted by atomic mass is 32.2. The van der Waals surface area contributed by atoms with Gasteiger partial charge in [-0.2, -0.15) is 0 Å². The van der Waals surface area contributed by atoms with E-state index in [4.69, 9.17) is 0 Å². The second-order valence-electron chi connectivity index (χ2n) is 2.96. The number of hydrogen-bond donors (Lipinski definition) is 2. The molecule has 0 saturated carbocycles. The molecule has 2 nitrogen and oxygen atoms in total. The molecule has 2 N–H and O–H groups in total. The zero-order chi connectivity index (χ0) is 8.16. The van der Waals surface area contributed by atoms with Gasteiger partial charge in [0, 0.05) is 13.1 Å². The third-order valence-corrected chi connectivity index (χ3v) is 2.39. The van der Waals surface area contributed by atoms with Crippen LogP contribution >= 0.6 is 11.9 Å². The fraction of sp³-hybridized carbons (Fsp3) is 1.00. The summed E-state index contributed by atoms with van der Waals surface area (Å²) in [5.74, 6) is 0. The Labute approximate surface area is 71.4 Å². The fourth-order valence-corrected chi connectivity index (χ4v) is 1.69. The SMILES string of the molecule is CSNCC1(F)CCCNC1. The Morgan fingerprint density at radius 3 is 3.09 bits per heavy atom. The van der Waals surface area contributed by atoms with Crippen molar-refractivity contribution >= 4 is 11.9 Å². The molecule has 1 atom stereocenters. The van der Waals surface area contributed by atoms with Gasteiger partial charge in [-0.3, -0.25) is 4.72 Å². The van der Waals surface area contributed by atoms with E-state index in [-0.39, 0.29) is 0 Å². The average Bonchev–Trinajstić information content (AvgIpc) is 2.03. The van der Waals surface area contributed by atoms with Gasteiger partial charge in [0.15, 0.2) is 0 Å². The summed E-state index contributed by atoms with van der Waals surface area (Å²) < 4.78 is 16.6. The van der Waals surface area contributed by atoms with Gasteiger partial charge in [-0.05, 0) is 25.6 Å². The minimum absolute atomic E-state index is 0.459. The van der Waals surface area contributed by atoms with Crippen LogP contribution in [0.2, 0.25) is 0 Å². The minimum atomic E-state index is -1.01. The molecule has 0 aliphatic carbocycles. The first-order valence-corrected chi connectivity index (χ1v) is 5.15. The first kappa shape index (κ1) is 9.29. The zero-order valence-corrected chi connectivity index (χ0v) is 7.64.